The molecule has 1 unspecified atom stereocenters. The van der Waals surface area contributed by atoms with Crippen molar-refractivity contribution in [1.82, 2.24) is 0 Å². The fourth-order valence-corrected chi connectivity index (χ4v) is 3.03. The normalized spacial score (nSPS) is 18.4. The van der Waals surface area contributed by atoms with Gasteiger partial charge in [0.05, 0.1) is 0 Å². The van der Waals surface area contributed by atoms with E-state index < -0.39 is 0 Å². The van der Waals surface area contributed by atoms with Crippen LogP contribution in [0.25, 0.3) is 0 Å². The molecule has 1 aliphatic rings. The fraction of sp³-hybridized carbons (Fsp3) is 0.647. The molecule has 1 aliphatic heterocycles. The van der Waals surface area contributed by atoms with Crippen molar-refractivity contribution in [2.75, 3.05) is 19.8 Å². The maximum absolute atomic E-state index is 6.01. The molecule has 1 aromatic rings. The number of hydrogen-bond donors (Lipinski definition) is 1. The number of ether oxygens (including phenoxy) is 1. The number of benzene rings is 1. The van der Waals surface area contributed by atoms with Gasteiger partial charge < -0.3 is 10.5 Å². The molecule has 2 nitrogen and oxygen atoms in total. The van der Waals surface area contributed by atoms with Gasteiger partial charge in [0.2, 0.25) is 0 Å². The molecule has 0 amide bonds. The molecule has 19 heavy (non-hydrogen) atoms. The molecule has 1 aromatic carbocycles. The summed E-state index contributed by atoms with van der Waals surface area (Å²) < 4.78 is 5.45. The van der Waals surface area contributed by atoms with Gasteiger partial charge in [0, 0.05) is 13.2 Å². The van der Waals surface area contributed by atoms with E-state index in [2.05, 4.69) is 31.2 Å². The first-order valence-electron chi connectivity index (χ1n) is 7.71. The van der Waals surface area contributed by atoms with E-state index in [1.807, 2.05) is 0 Å². The summed E-state index contributed by atoms with van der Waals surface area (Å²) >= 11 is 0. The van der Waals surface area contributed by atoms with Crippen LogP contribution in [0.5, 0.6) is 0 Å². The summed E-state index contributed by atoms with van der Waals surface area (Å²) in [6.45, 7) is 4.79. The van der Waals surface area contributed by atoms with Crippen LogP contribution in [-0.4, -0.2) is 19.8 Å². The zero-order chi connectivity index (χ0) is 13.5. The molecule has 0 saturated carbocycles. The van der Waals surface area contributed by atoms with Crippen molar-refractivity contribution in [3.8, 4) is 0 Å². The third kappa shape index (κ3) is 4.05. The van der Waals surface area contributed by atoms with E-state index >= 15 is 0 Å². The van der Waals surface area contributed by atoms with Crippen molar-refractivity contribution < 1.29 is 4.74 Å². The third-order valence-electron chi connectivity index (χ3n) is 4.32. The summed E-state index contributed by atoms with van der Waals surface area (Å²) in [6, 6.07) is 9.15. The van der Waals surface area contributed by atoms with E-state index in [0.29, 0.717) is 11.8 Å². The zero-order valence-corrected chi connectivity index (χ0v) is 12.1. The standard InChI is InChI=1S/C17H27NO/c1-2-3-4-14-5-7-15(8-6-14)17(13-18)16-9-11-19-12-10-16/h5-8,16-17H,2-4,9-13,18H2,1H3. The average molecular weight is 261 g/mol. The number of rotatable bonds is 6. The van der Waals surface area contributed by atoms with Crippen LogP contribution in [0.2, 0.25) is 0 Å². The minimum atomic E-state index is 0.504. The van der Waals surface area contributed by atoms with Gasteiger partial charge in [-0.1, -0.05) is 37.6 Å². The van der Waals surface area contributed by atoms with Crippen LogP contribution in [0.3, 0.4) is 0 Å². The molecule has 1 heterocycles. The predicted molar refractivity (Wildman–Crippen MR) is 80.4 cm³/mol. The fourth-order valence-electron chi connectivity index (χ4n) is 3.03. The van der Waals surface area contributed by atoms with Crippen molar-refractivity contribution in [1.29, 1.82) is 0 Å². The Kier molecular flexibility index (Phi) is 5.87. The highest BCUT2D eigenvalue weighted by Crippen LogP contribution is 2.31. The lowest BCUT2D eigenvalue weighted by molar-refractivity contribution is 0.0586. The Bertz CT molecular complexity index is 354. The van der Waals surface area contributed by atoms with Crippen molar-refractivity contribution in [2.45, 2.75) is 44.9 Å². The molecular formula is C17H27NO. The average Bonchev–Trinajstić information content (AvgIpc) is 2.48. The van der Waals surface area contributed by atoms with Crippen molar-refractivity contribution >= 4 is 0 Å². The highest BCUT2D eigenvalue weighted by Gasteiger charge is 2.24. The lowest BCUT2D eigenvalue weighted by Crippen LogP contribution is -2.27. The van der Waals surface area contributed by atoms with Gasteiger partial charge in [-0.3, -0.25) is 0 Å². The number of aryl methyl sites for hydroxylation is 1. The van der Waals surface area contributed by atoms with Crippen LogP contribution in [-0.2, 0) is 11.2 Å². The van der Waals surface area contributed by atoms with Gasteiger partial charge in [-0.05, 0) is 55.2 Å². The summed E-state index contributed by atoms with van der Waals surface area (Å²) in [5.41, 5.74) is 8.88. The van der Waals surface area contributed by atoms with Gasteiger partial charge in [-0.15, -0.1) is 0 Å². The third-order valence-corrected chi connectivity index (χ3v) is 4.32. The molecule has 2 N–H and O–H groups in total. The molecular weight excluding hydrogens is 234 g/mol. The molecule has 1 fully saturated rings. The monoisotopic (exact) mass is 261 g/mol. The summed E-state index contributed by atoms with van der Waals surface area (Å²) in [5, 5.41) is 0. The van der Waals surface area contributed by atoms with Gasteiger partial charge in [0.25, 0.3) is 0 Å². The van der Waals surface area contributed by atoms with Gasteiger partial charge in [0.15, 0.2) is 0 Å². The lowest BCUT2D eigenvalue weighted by Gasteiger charge is -2.30. The van der Waals surface area contributed by atoms with E-state index in [4.69, 9.17) is 10.5 Å². The van der Waals surface area contributed by atoms with Crippen molar-refractivity contribution in [3.63, 3.8) is 0 Å². The topological polar surface area (TPSA) is 35.2 Å². The van der Waals surface area contributed by atoms with Gasteiger partial charge in [-0.25, -0.2) is 0 Å². The quantitative estimate of drug-likeness (QED) is 0.850. The van der Waals surface area contributed by atoms with Gasteiger partial charge in [0.1, 0.15) is 0 Å². The second kappa shape index (κ2) is 7.66. The maximum Gasteiger partial charge on any atom is 0.0468 e. The molecule has 1 atom stereocenters. The molecule has 2 rings (SSSR count). The first-order valence-corrected chi connectivity index (χ1v) is 7.71. The SMILES string of the molecule is CCCCc1ccc(C(CN)C2CCOCC2)cc1. The lowest BCUT2D eigenvalue weighted by atomic mass is 9.81. The molecule has 0 spiro atoms. The Labute approximate surface area is 117 Å². The van der Waals surface area contributed by atoms with E-state index in [1.165, 1.54) is 30.4 Å². The van der Waals surface area contributed by atoms with Crippen LogP contribution in [0.4, 0.5) is 0 Å². The Morgan fingerprint density at radius 3 is 2.47 bits per heavy atom. The van der Waals surface area contributed by atoms with Crippen LogP contribution in [0.15, 0.2) is 24.3 Å². The van der Waals surface area contributed by atoms with Crippen molar-refractivity contribution in [2.24, 2.45) is 11.7 Å². The minimum absolute atomic E-state index is 0.504. The predicted octanol–water partition coefficient (Wildman–Crippen LogP) is 3.50. The zero-order valence-electron chi connectivity index (χ0n) is 12.1. The largest absolute Gasteiger partial charge is 0.381 e. The molecule has 1 saturated heterocycles. The molecule has 0 bridgehead atoms. The van der Waals surface area contributed by atoms with E-state index in [1.54, 1.807) is 0 Å². The molecule has 106 valence electrons. The number of nitrogens with two attached hydrogens (primary N) is 1. The molecule has 0 aliphatic carbocycles. The maximum atomic E-state index is 6.01. The summed E-state index contributed by atoms with van der Waals surface area (Å²) in [7, 11) is 0. The van der Waals surface area contributed by atoms with E-state index in [9.17, 15) is 0 Å². The Balaban J connectivity index is 2.01. The Morgan fingerprint density at radius 2 is 1.89 bits per heavy atom. The van der Waals surface area contributed by atoms with Crippen molar-refractivity contribution in [3.05, 3.63) is 35.4 Å². The number of unbranched alkanes of at least 4 members (excludes halogenated alkanes) is 1. The Morgan fingerprint density at radius 1 is 1.21 bits per heavy atom. The molecule has 2 heteroatoms. The second-order valence-corrected chi connectivity index (χ2v) is 5.64. The molecule has 0 aromatic heterocycles. The van der Waals surface area contributed by atoms with Crippen LogP contribution >= 0.6 is 0 Å². The summed E-state index contributed by atoms with van der Waals surface area (Å²) in [5.74, 6) is 1.20. The van der Waals surface area contributed by atoms with Gasteiger partial charge in [-0.2, -0.15) is 0 Å². The van der Waals surface area contributed by atoms with Crippen LogP contribution < -0.4 is 5.73 Å². The summed E-state index contributed by atoms with van der Waals surface area (Å²) in [6.07, 6.45) is 6.04. The van der Waals surface area contributed by atoms with E-state index in [0.717, 1.165) is 32.6 Å². The Hall–Kier alpha value is -0.860. The highest BCUT2D eigenvalue weighted by atomic mass is 16.5. The highest BCUT2D eigenvalue weighted by molar-refractivity contribution is 5.26. The second-order valence-electron chi connectivity index (χ2n) is 5.64. The number of hydrogen-bond acceptors (Lipinski definition) is 2. The minimum Gasteiger partial charge on any atom is -0.381 e. The summed E-state index contributed by atoms with van der Waals surface area (Å²) in [4.78, 5) is 0. The van der Waals surface area contributed by atoms with Gasteiger partial charge >= 0.3 is 0 Å². The molecule has 0 radical (unpaired) electrons. The van der Waals surface area contributed by atoms with Crippen LogP contribution in [0, 0.1) is 5.92 Å². The smallest absolute Gasteiger partial charge is 0.0468 e. The first-order chi connectivity index (χ1) is 9.35. The van der Waals surface area contributed by atoms with E-state index in [-0.39, 0.29) is 0 Å². The van der Waals surface area contributed by atoms with Crippen LogP contribution in [0.1, 0.15) is 49.7 Å². The first kappa shape index (κ1) is 14.5.